The molecule has 0 spiro atoms. The Bertz CT molecular complexity index is 431. The van der Waals surface area contributed by atoms with Crippen molar-refractivity contribution in [3.63, 3.8) is 0 Å². The molecule has 0 aliphatic carbocycles. The second kappa shape index (κ2) is 3.20. The summed E-state index contributed by atoms with van der Waals surface area (Å²) in [6.07, 6.45) is 0. The van der Waals surface area contributed by atoms with Crippen molar-refractivity contribution in [2.45, 2.75) is 12.5 Å². The van der Waals surface area contributed by atoms with Gasteiger partial charge >= 0.3 is 12.0 Å². The molecule has 6 nitrogen and oxygen atoms in total. The standard InChI is InChI=1S/C8H9N3O3S/c1-4-5(15-3-10-4)8(6(12)13)2-9-7(14)11-8/h3H,2H2,1H3,(H,12,13)(H2,9,11,14). The molecule has 0 radical (unpaired) electrons. The molecular weight excluding hydrogens is 218 g/mol. The lowest BCUT2D eigenvalue weighted by molar-refractivity contribution is -0.143. The lowest BCUT2D eigenvalue weighted by atomic mass is 9.98. The number of aliphatic carboxylic acids is 1. The van der Waals surface area contributed by atoms with Crippen molar-refractivity contribution in [3.8, 4) is 0 Å². The Hall–Kier alpha value is -1.63. The van der Waals surface area contributed by atoms with Gasteiger partial charge in [-0.2, -0.15) is 0 Å². The van der Waals surface area contributed by atoms with Gasteiger partial charge in [0, 0.05) is 0 Å². The Kier molecular flexibility index (Phi) is 2.11. The second-order valence-electron chi connectivity index (χ2n) is 3.29. The minimum Gasteiger partial charge on any atom is -0.479 e. The number of nitrogens with zero attached hydrogens (tertiary/aromatic N) is 1. The van der Waals surface area contributed by atoms with E-state index in [2.05, 4.69) is 15.6 Å². The van der Waals surface area contributed by atoms with Crippen molar-refractivity contribution in [2.24, 2.45) is 0 Å². The van der Waals surface area contributed by atoms with Crippen LogP contribution in [0.3, 0.4) is 0 Å². The van der Waals surface area contributed by atoms with Crippen LogP contribution in [0.1, 0.15) is 10.6 Å². The van der Waals surface area contributed by atoms with Gasteiger partial charge in [0.1, 0.15) is 0 Å². The van der Waals surface area contributed by atoms with Crippen LogP contribution in [-0.2, 0) is 10.3 Å². The fourth-order valence-electron chi connectivity index (χ4n) is 1.57. The Morgan fingerprint density at radius 2 is 2.47 bits per heavy atom. The van der Waals surface area contributed by atoms with Crippen molar-refractivity contribution in [1.29, 1.82) is 0 Å². The van der Waals surface area contributed by atoms with E-state index in [1.807, 2.05) is 0 Å². The van der Waals surface area contributed by atoms with Crippen molar-refractivity contribution in [1.82, 2.24) is 15.6 Å². The van der Waals surface area contributed by atoms with Gasteiger partial charge in [0.2, 0.25) is 0 Å². The van der Waals surface area contributed by atoms with Crippen LogP contribution in [0.15, 0.2) is 5.51 Å². The normalized spacial score (nSPS) is 24.7. The fraction of sp³-hybridized carbons (Fsp3) is 0.375. The average Bonchev–Trinajstić information content (AvgIpc) is 2.72. The van der Waals surface area contributed by atoms with Gasteiger partial charge in [-0.15, -0.1) is 11.3 Å². The number of nitrogens with one attached hydrogen (secondary N) is 2. The minimum absolute atomic E-state index is 0.0458. The van der Waals surface area contributed by atoms with E-state index in [-0.39, 0.29) is 6.54 Å². The van der Waals surface area contributed by atoms with Gasteiger partial charge in [0.15, 0.2) is 5.54 Å². The van der Waals surface area contributed by atoms with E-state index in [0.717, 1.165) is 0 Å². The number of urea groups is 1. The summed E-state index contributed by atoms with van der Waals surface area (Å²) < 4.78 is 0. The molecule has 1 aromatic rings. The molecular formula is C8H9N3O3S. The van der Waals surface area contributed by atoms with E-state index in [1.165, 1.54) is 11.3 Å². The number of carboxylic acid groups (broad SMARTS) is 1. The minimum atomic E-state index is -1.36. The maximum atomic E-state index is 11.2. The number of thiazole rings is 1. The Morgan fingerprint density at radius 1 is 1.73 bits per heavy atom. The SMILES string of the molecule is Cc1ncsc1C1(C(=O)O)CNC(=O)N1. The molecule has 2 heterocycles. The van der Waals surface area contributed by atoms with Gasteiger partial charge in [-0.25, -0.2) is 14.6 Å². The third-order valence-corrected chi connectivity index (χ3v) is 3.43. The highest BCUT2D eigenvalue weighted by Crippen LogP contribution is 2.29. The van der Waals surface area contributed by atoms with Gasteiger partial charge in [-0.05, 0) is 6.92 Å². The number of hydrogen-bond acceptors (Lipinski definition) is 4. The van der Waals surface area contributed by atoms with Crippen molar-refractivity contribution >= 4 is 23.3 Å². The van der Waals surface area contributed by atoms with Crippen molar-refractivity contribution in [2.75, 3.05) is 6.54 Å². The number of amides is 2. The number of rotatable bonds is 2. The molecule has 0 aromatic carbocycles. The zero-order valence-electron chi connectivity index (χ0n) is 7.90. The Labute approximate surface area is 89.3 Å². The summed E-state index contributed by atoms with van der Waals surface area (Å²) in [5.74, 6) is -1.08. The third-order valence-electron chi connectivity index (χ3n) is 2.34. The summed E-state index contributed by atoms with van der Waals surface area (Å²) in [7, 11) is 0. The molecule has 2 amide bonds. The lowest BCUT2D eigenvalue weighted by Gasteiger charge is -2.21. The summed E-state index contributed by atoms with van der Waals surface area (Å²) in [6, 6.07) is -0.467. The topological polar surface area (TPSA) is 91.3 Å². The van der Waals surface area contributed by atoms with Crippen molar-refractivity contribution in [3.05, 3.63) is 16.1 Å². The molecule has 1 aliphatic heterocycles. The van der Waals surface area contributed by atoms with Crippen LogP contribution in [0.4, 0.5) is 4.79 Å². The van der Waals surface area contributed by atoms with E-state index in [1.54, 1.807) is 12.4 Å². The zero-order valence-corrected chi connectivity index (χ0v) is 8.72. The lowest BCUT2D eigenvalue weighted by Crippen LogP contribution is -2.47. The molecule has 1 aliphatic rings. The third kappa shape index (κ3) is 1.35. The van der Waals surface area contributed by atoms with Gasteiger partial charge in [0.25, 0.3) is 0 Å². The maximum Gasteiger partial charge on any atom is 0.337 e. The van der Waals surface area contributed by atoms with E-state index in [0.29, 0.717) is 10.6 Å². The number of aromatic nitrogens is 1. The van der Waals surface area contributed by atoms with Crippen LogP contribution in [0, 0.1) is 6.92 Å². The molecule has 0 saturated carbocycles. The van der Waals surface area contributed by atoms with E-state index >= 15 is 0 Å². The predicted octanol–water partition coefficient (Wildman–Crippen LogP) is 0.0442. The highest BCUT2D eigenvalue weighted by molar-refractivity contribution is 7.10. The first-order valence-electron chi connectivity index (χ1n) is 4.26. The van der Waals surface area contributed by atoms with Gasteiger partial charge in [-0.1, -0.05) is 0 Å². The van der Waals surface area contributed by atoms with Crippen LogP contribution in [0.2, 0.25) is 0 Å². The van der Waals surface area contributed by atoms with Gasteiger partial charge in [-0.3, -0.25) is 0 Å². The first-order chi connectivity index (χ1) is 7.06. The monoisotopic (exact) mass is 227 g/mol. The van der Waals surface area contributed by atoms with Crippen molar-refractivity contribution < 1.29 is 14.7 Å². The Morgan fingerprint density at radius 3 is 2.87 bits per heavy atom. The van der Waals surface area contributed by atoms with Crippen LogP contribution >= 0.6 is 11.3 Å². The van der Waals surface area contributed by atoms with Crippen LogP contribution < -0.4 is 10.6 Å². The summed E-state index contributed by atoms with van der Waals surface area (Å²) >= 11 is 1.23. The van der Waals surface area contributed by atoms with E-state index < -0.39 is 17.5 Å². The predicted molar refractivity (Wildman–Crippen MR) is 52.7 cm³/mol. The maximum absolute atomic E-state index is 11.2. The quantitative estimate of drug-likeness (QED) is 0.665. The molecule has 1 atom stereocenters. The van der Waals surface area contributed by atoms with Gasteiger partial charge in [0.05, 0.1) is 22.6 Å². The smallest absolute Gasteiger partial charge is 0.337 e. The average molecular weight is 227 g/mol. The number of hydrogen-bond donors (Lipinski definition) is 3. The largest absolute Gasteiger partial charge is 0.479 e. The highest BCUT2D eigenvalue weighted by Gasteiger charge is 2.48. The molecule has 1 saturated heterocycles. The zero-order chi connectivity index (χ0) is 11.1. The van der Waals surface area contributed by atoms with Crippen LogP contribution in [0.5, 0.6) is 0 Å². The molecule has 80 valence electrons. The number of carboxylic acids is 1. The fourth-order valence-corrected chi connectivity index (χ4v) is 2.52. The molecule has 2 rings (SSSR count). The number of carbonyl (C=O) groups is 2. The van der Waals surface area contributed by atoms with Crippen LogP contribution in [0.25, 0.3) is 0 Å². The molecule has 15 heavy (non-hydrogen) atoms. The molecule has 1 fully saturated rings. The molecule has 0 bridgehead atoms. The highest BCUT2D eigenvalue weighted by atomic mass is 32.1. The Balaban J connectivity index is 2.49. The first kappa shape index (κ1) is 9.91. The summed E-state index contributed by atoms with van der Waals surface area (Å²) in [5.41, 5.74) is 0.841. The summed E-state index contributed by atoms with van der Waals surface area (Å²) in [6.45, 7) is 1.77. The molecule has 1 aromatic heterocycles. The summed E-state index contributed by atoms with van der Waals surface area (Å²) in [5, 5.41) is 14.1. The first-order valence-corrected chi connectivity index (χ1v) is 5.14. The molecule has 1 unspecified atom stereocenters. The molecule has 3 N–H and O–H groups in total. The second-order valence-corrected chi connectivity index (χ2v) is 4.14. The van der Waals surface area contributed by atoms with E-state index in [4.69, 9.17) is 0 Å². The van der Waals surface area contributed by atoms with Gasteiger partial charge < -0.3 is 15.7 Å². The number of carbonyl (C=O) groups excluding carboxylic acids is 1. The van der Waals surface area contributed by atoms with Crippen LogP contribution in [-0.4, -0.2) is 28.6 Å². The van der Waals surface area contributed by atoms with E-state index in [9.17, 15) is 14.7 Å². The summed E-state index contributed by atoms with van der Waals surface area (Å²) in [4.78, 5) is 26.9. The molecule has 7 heteroatoms. The number of aryl methyl sites for hydroxylation is 1.